The van der Waals surface area contributed by atoms with E-state index in [0.29, 0.717) is 31.1 Å². The molecule has 3 N–H and O–H groups in total. The number of aromatic nitrogens is 1. The third-order valence-corrected chi connectivity index (χ3v) is 7.71. The van der Waals surface area contributed by atoms with Crippen molar-refractivity contribution >= 4 is 32.5 Å². The predicted molar refractivity (Wildman–Crippen MR) is 130 cm³/mol. The fourth-order valence-electron chi connectivity index (χ4n) is 4.13. The van der Waals surface area contributed by atoms with Crippen LogP contribution in [0, 0.1) is 6.92 Å². The van der Waals surface area contributed by atoms with Gasteiger partial charge in [-0.2, -0.15) is 4.31 Å². The Morgan fingerprint density at radius 2 is 1.91 bits per heavy atom. The minimum Gasteiger partial charge on any atom is -0.338 e. The number of sulfonamides is 1. The summed E-state index contributed by atoms with van der Waals surface area (Å²) in [5.41, 5.74) is 1.60. The van der Waals surface area contributed by atoms with Crippen LogP contribution in [-0.4, -0.2) is 56.0 Å². The third-order valence-electron chi connectivity index (χ3n) is 5.81. The molecule has 1 fully saturated rings. The summed E-state index contributed by atoms with van der Waals surface area (Å²) in [4.78, 5) is 16.4. The fraction of sp³-hybridized carbons (Fsp3) is 0.333. The molecule has 8 nitrogen and oxygen atoms in total. The highest BCUT2D eigenvalue weighted by atomic mass is 32.2. The van der Waals surface area contributed by atoms with E-state index in [4.69, 9.17) is 0 Å². The van der Waals surface area contributed by atoms with E-state index in [2.05, 4.69) is 20.9 Å². The predicted octanol–water partition coefficient (Wildman–Crippen LogP) is 3.11. The fourth-order valence-corrected chi connectivity index (χ4v) is 5.92. The number of nitrogens with zero attached hydrogens (tertiary/aromatic N) is 2. The van der Waals surface area contributed by atoms with Crippen LogP contribution in [-0.2, 0) is 10.0 Å². The first-order valence-corrected chi connectivity index (χ1v) is 12.6. The van der Waals surface area contributed by atoms with E-state index < -0.39 is 10.0 Å². The lowest BCUT2D eigenvalue weighted by Gasteiger charge is -2.19. The molecule has 174 valence electrons. The number of hydrogen-bond acceptors (Lipinski definition) is 5. The second kappa shape index (κ2) is 10.3. The normalized spacial score (nSPS) is 16.7. The number of hydrogen-bond donors (Lipinski definition) is 3. The number of carbonyl (C=O) groups is 1. The van der Waals surface area contributed by atoms with E-state index in [1.54, 1.807) is 28.8 Å². The average molecular weight is 468 g/mol. The summed E-state index contributed by atoms with van der Waals surface area (Å²) >= 11 is 0. The molecule has 1 aliphatic rings. The van der Waals surface area contributed by atoms with Gasteiger partial charge in [-0.3, -0.25) is 4.98 Å². The van der Waals surface area contributed by atoms with Crippen molar-refractivity contribution in [3.63, 3.8) is 0 Å². The van der Waals surface area contributed by atoms with E-state index in [0.717, 1.165) is 34.9 Å². The molecular formula is C24H29N5O3S. The van der Waals surface area contributed by atoms with Gasteiger partial charge >= 0.3 is 6.03 Å². The van der Waals surface area contributed by atoms with Gasteiger partial charge in [0.2, 0.25) is 10.0 Å². The molecule has 33 heavy (non-hydrogen) atoms. The standard InChI is InChI=1S/C24H29N5O3S/c1-18-15-25-16-19-7-5-10-22(23(18)19)33(31,32)29-14-11-21(17-29)26-12-6-13-27-24(30)28-20-8-3-2-4-9-20/h2-5,7-10,15-16,21,26H,6,11-14,17H2,1H3,(H2,27,28,30). The van der Waals surface area contributed by atoms with Crippen LogP contribution in [0.1, 0.15) is 18.4 Å². The van der Waals surface area contributed by atoms with E-state index in [-0.39, 0.29) is 12.1 Å². The van der Waals surface area contributed by atoms with Gasteiger partial charge < -0.3 is 16.0 Å². The van der Waals surface area contributed by atoms with Gasteiger partial charge in [-0.25, -0.2) is 13.2 Å². The number of rotatable bonds is 8. The summed E-state index contributed by atoms with van der Waals surface area (Å²) < 4.78 is 28.3. The van der Waals surface area contributed by atoms with Crippen molar-refractivity contribution in [1.82, 2.24) is 19.9 Å². The summed E-state index contributed by atoms with van der Waals surface area (Å²) in [5, 5.41) is 10.6. The van der Waals surface area contributed by atoms with Crippen molar-refractivity contribution in [3.8, 4) is 0 Å². The van der Waals surface area contributed by atoms with E-state index in [9.17, 15) is 13.2 Å². The van der Waals surface area contributed by atoms with E-state index in [1.807, 2.05) is 43.3 Å². The lowest BCUT2D eigenvalue weighted by Crippen LogP contribution is -2.37. The Morgan fingerprint density at radius 1 is 1.09 bits per heavy atom. The van der Waals surface area contributed by atoms with E-state index in [1.165, 1.54) is 0 Å². The number of anilines is 1. The van der Waals surface area contributed by atoms with Gasteiger partial charge in [0, 0.05) is 54.5 Å². The zero-order valence-corrected chi connectivity index (χ0v) is 19.4. The largest absolute Gasteiger partial charge is 0.338 e. The molecule has 0 radical (unpaired) electrons. The lowest BCUT2D eigenvalue weighted by molar-refractivity contribution is 0.252. The van der Waals surface area contributed by atoms with Crippen LogP contribution in [0.25, 0.3) is 10.8 Å². The van der Waals surface area contributed by atoms with Crippen LogP contribution >= 0.6 is 0 Å². The molecule has 2 aromatic carbocycles. The third kappa shape index (κ3) is 5.50. The molecule has 0 saturated carbocycles. The molecule has 2 heterocycles. The number of carbonyl (C=O) groups excluding carboxylic acids is 1. The number of amides is 2. The topological polar surface area (TPSA) is 103 Å². The second-order valence-electron chi connectivity index (χ2n) is 8.21. The molecule has 0 bridgehead atoms. The quantitative estimate of drug-likeness (QED) is 0.442. The van der Waals surface area contributed by atoms with Crippen LogP contribution < -0.4 is 16.0 Å². The van der Waals surface area contributed by atoms with Crippen LogP contribution in [0.2, 0.25) is 0 Å². The van der Waals surface area contributed by atoms with Crippen molar-refractivity contribution in [1.29, 1.82) is 0 Å². The summed E-state index contributed by atoms with van der Waals surface area (Å²) in [6.07, 6.45) is 4.90. The first kappa shape index (κ1) is 23.2. The second-order valence-corrected chi connectivity index (χ2v) is 10.1. The molecule has 9 heteroatoms. The molecule has 1 aromatic heterocycles. The minimum absolute atomic E-state index is 0.0932. The van der Waals surface area contributed by atoms with Gasteiger partial charge in [0.1, 0.15) is 0 Å². The van der Waals surface area contributed by atoms with Gasteiger partial charge in [-0.05, 0) is 50.1 Å². The Kier molecular flexibility index (Phi) is 7.22. The summed E-state index contributed by atoms with van der Waals surface area (Å²) in [6, 6.07) is 14.5. The van der Waals surface area contributed by atoms with Crippen molar-refractivity contribution in [2.24, 2.45) is 0 Å². The number of benzene rings is 2. The maximum atomic E-state index is 13.4. The highest BCUT2D eigenvalue weighted by Gasteiger charge is 2.33. The first-order valence-electron chi connectivity index (χ1n) is 11.1. The smallest absolute Gasteiger partial charge is 0.319 e. The summed E-state index contributed by atoms with van der Waals surface area (Å²) in [6.45, 7) is 4.03. The first-order chi connectivity index (χ1) is 15.9. The van der Waals surface area contributed by atoms with Crippen molar-refractivity contribution in [3.05, 3.63) is 66.5 Å². The number of urea groups is 1. The maximum Gasteiger partial charge on any atom is 0.319 e. The van der Waals surface area contributed by atoms with Crippen LogP contribution in [0.4, 0.5) is 10.5 Å². The highest BCUT2D eigenvalue weighted by molar-refractivity contribution is 7.89. The monoisotopic (exact) mass is 467 g/mol. The highest BCUT2D eigenvalue weighted by Crippen LogP contribution is 2.29. The Labute approximate surface area is 194 Å². The molecule has 3 aromatic rings. The van der Waals surface area contributed by atoms with Gasteiger partial charge in [-0.15, -0.1) is 0 Å². The Balaban J connectivity index is 1.26. The molecule has 1 saturated heterocycles. The average Bonchev–Trinajstić information content (AvgIpc) is 3.29. The van der Waals surface area contributed by atoms with Gasteiger partial charge in [0.15, 0.2) is 0 Å². The number of pyridine rings is 1. The Hall–Kier alpha value is -3.01. The van der Waals surface area contributed by atoms with Crippen LogP contribution in [0.5, 0.6) is 0 Å². The molecule has 1 atom stereocenters. The molecule has 2 amide bonds. The lowest BCUT2D eigenvalue weighted by atomic mass is 10.1. The number of aryl methyl sites for hydroxylation is 1. The van der Waals surface area contributed by atoms with Crippen molar-refractivity contribution in [2.75, 3.05) is 31.5 Å². The van der Waals surface area contributed by atoms with Gasteiger partial charge in [0.05, 0.1) is 4.90 Å². The molecule has 0 spiro atoms. The Bertz CT molecular complexity index is 1210. The van der Waals surface area contributed by atoms with E-state index >= 15 is 0 Å². The molecule has 4 rings (SSSR count). The van der Waals surface area contributed by atoms with Crippen LogP contribution in [0.15, 0.2) is 65.8 Å². The minimum atomic E-state index is -3.60. The Morgan fingerprint density at radius 3 is 2.73 bits per heavy atom. The van der Waals surface area contributed by atoms with Crippen molar-refractivity contribution in [2.45, 2.75) is 30.7 Å². The number of fused-ring (bicyclic) bond motifs is 1. The molecular weight excluding hydrogens is 438 g/mol. The molecule has 1 aliphatic heterocycles. The van der Waals surface area contributed by atoms with Crippen LogP contribution in [0.3, 0.4) is 0 Å². The summed E-state index contributed by atoms with van der Waals surface area (Å²) in [7, 11) is -3.60. The number of nitrogens with one attached hydrogen (secondary N) is 3. The molecule has 0 aliphatic carbocycles. The summed E-state index contributed by atoms with van der Waals surface area (Å²) in [5.74, 6) is 0. The molecule has 1 unspecified atom stereocenters. The zero-order chi connectivity index (χ0) is 23.3. The zero-order valence-electron chi connectivity index (χ0n) is 18.6. The van der Waals surface area contributed by atoms with Gasteiger partial charge in [-0.1, -0.05) is 30.3 Å². The van der Waals surface area contributed by atoms with Crippen molar-refractivity contribution < 1.29 is 13.2 Å². The SMILES string of the molecule is Cc1cncc2cccc(S(=O)(=O)N3CCC(NCCCNC(=O)Nc4ccccc4)C3)c12. The van der Waals surface area contributed by atoms with Gasteiger partial charge in [0.25, 0.3) is 0 Å². The maximum absolute atomic E-state index is 13.4. The number of para-hydroxylation sites is 1.